The van der Waals surface area contributed by atoms with Crippen LogP contribution >= 0.6 is 0 Å². The van der Waals surface area contributed by atoms with Crippen LogP contribution in [0.1, 0.15) is 5.56 Å². The number of nitrogens with one attached hydrogen (secondary N) is 2. The molecule has 0 fully saturated rings. The van der Waals surface area contributed by atoms with Crippen LogP contribution in [-0.4, -0.2) is 52.5 Å². The fraction of sp³-hybridized carbons (Fsp3) is 0.182. The van der Waals surface area contributed by atoms with Gasteiger partial charge in [-0.3, -0.25) is 0 Å². The van der Waals surface area contributed by atoms with Crippen molar-refractivity contribution in [1.82, 2.24) is 19.3 Å². The minimum atomic E-state index is -3.87. The Bertz CT molecular complexity index is 1320. The normalized spacial score (nSPS) is 11.9. The summed E-state index contributed by atoms with van der Waals surface area (Å²) in [6.45, 7) is 0.938. The molecule has 9 nitrogen and oxygen atoms in total. The highest BCUT2D eigenvalue weighted by Crippen LogP contribution is 2.26. The zero-order chi connectivity index (χ0) is 22.7. The van der Waals surface area contributed by atoms with Crippen LogP contribution in [0.5, 0.6) is 0 Å². The zero-order valence-corrected chi connectivity index (χ0v) is 18.1. The zero-order valence-electron chi connectivity index (χ0n) is 17.3. The molecule has 0 aliphatic rings. The predicted octanol–water partition coefficient (Wildman–Crippen LogP) is 2.08. The van der Waals surface area contributed by atoms with Gasteiger partial charge in [0.15, 0.2) is 5.65 Å². The smallest absolute Gasteiger partial charge is 0.240 e. The van der Waals surface area contributed by atoms with Crippen LogP contribution in [0.25, 0.3) is 16.9 Å². The molecular formula is C22H23N5O4S. The van der Waals surface area contributed by atoms with Gasteiger partial charge in [-0.1, -0.05) is 30.3 Å². The van der Waals surface area contributed by atoms with Crippen molar-refractivity contribution in [1.29, 1.82) is 0 Å². The molecule has 2 heterocycles. The Labute approximate surface area is 185 Å². The number of benzene rings is 2. The molecule has 10 heteroatoms. The van der Waals surface area contributed by atoms with Crippen molar-refractivity contribution in [2.45, 2.75) is 17.9 Å². The molecule has 0 radical (unpaired) electrons. The van der Waals surface area contributed by atoms with E-state index in [2.05, 4.69) is 15.1 Å². The minimum absolute atomic E-state index is 0.0229. The number of fused-ring (bicyclic) bond motifs is 1. The van der Waals surface area contributed by atoms with Crippen LogP contribution in [-0.2, 0) is 10.0 Å². The molecule has 0 saturated heterocycles. The molecule has 2 aromatic heterocycles. The summed E-state index contributed by atoms with van der Waals surface area (Å²) in [6.07, 6.45) is 1.74. The molecule has 0 saturated carbocycles. The third-order valence-corrected chi connectivity index (χ3v) is 6.45. The number of aliphatic hydroxyl groups excluding tert-OH is 2. The van der Waals surface area contributed by atoms with E-state index < -0.39 is 29.3 Å². The molecule has 0 aliphatic carbocycles. The van der Waals surface area contributed by atoms with E-state index in [1.165, 1.54) is 12.1 Å². The van der Waals surface area contributed by atoms with Crippen molar-refractivity contribution in [2.24, 2.45) is 0 Å². The third kappa shape index (κ3) is 4.48. The summed E-state index contributed by atoms with van der Waals surface area (Å²) in [5.74, 6) is 0.677. The monoisotopic (exact) mass is 453 g/mol. The number of nitrogens with zero attached hydrogens (tertiary/aromatic N) is 3. The van der Waals surface area contributed by atoms with Gasteiger partial charge in [-0.05, 0) is 31.2 Å². The number of aromatic nitrogens is 3. The number of rotatable bonds is 8. The van der Waals surface area contributed by atoms with E-state index in [0.29, 0.717) is 11.5 Å². The maximum Gasteiger partial charge on any atom is 0.240 e. The van der Waals surface area contributed by atoms with Gasteiger partial charge >= 0.3 is 0 Å². The maximum atomic E-state index is 12.4. The minimum Gasteiger partial charge on any atom is -0.395 e. The van der Waals surface area contributed by atoms with Crippen molar-refractivity contribution in [3.63, 3.8) is 0 Å². The summed E-state index contributed by atoms with van der Waals surface area (Å²) < 4.78 is 28.8. The summed E-state index contributed by atoms with van der Waals surface area (Å²) in [6, 6.07) is 16.9. The Morgan fingerprint density at radius 2 is 1.72 bits per heavy atom. The quantitative estimate of drug-likeness (QED) is 0.321. The van der Waals surface area contributed by atoms with Crippen molar-refractivity contribution in [3.8, 4) is 11.3 Å². The first kappa shape index (κ1) is 21.9. The largest absolute Gasteiger partial charge is 0.395 e. The lowest BCUT2D eigenvalue weighted by atomic mass is 10.1. The topological polar surface area (TPSA) is 129 Å². The second-order valence-electron chi connectivity index (χ2n) is 7.29. The first-order valence-electron chi connectivity index (χ1n) is 9.93. The molecule has 0 amide bonds. The van der Waals surface area contributed by atoms with Crippen molar-refractivity contribution in [2.75, 3.05) is 18.5 Å². The predicted molar refractivity (Wildman–Crippen MR) is 121 cm³/mol. The van der Waals surface area contributed by atoms with Gasteiger partial charge in [0.1, 0.15) is 5.82 Å². The Hall–Kier alpha value is -3.31. The Morgan fingerprint density at radius 1 is 1.03 bits per heavy atom. The average molecular weight is 454 g/mol. The number of hydrogen-bond donors (Lipinski definition) is 4. The number of aliphatic hydroxyl groups is 2. The van der Waals surface area contributed by atoms with Gasteiger partial charge < -0.3 is 15.5 Å². The summed E-state index contributed by atoms with van der Waals surface area (Å²) in [4.78, 5) is 4.75. The third-order valence-electron chi connectivity index (χ3n) is 4.92. The van der Waals surface area contributed by atoms with Crippen LogP contribution in [0.4, 0.5) is 11.5 Å². The molecule has 4 N–H and O–H groups in total. The van der Waals surface area contributed by atoms with Crippen LogP contribution in [0.2, 0.25) is 0 Å². The highest BCUT2D eigenvalue weighted by atomic mass is 32.2. The molecule has 0 aliphatic heterocycles. The summed E-state index contributed by atoms with van der Waals surface area (Å²) in [5, 5.41) is 25.9. The second kappa shape index (κ2) is 9.05. The van der Waals surface area contributed by atoms with E-state index in [1.807, 2.05) is 43.3 Å². The average Bonchev–Trinajstić information content (AvgIpc) is 3.19. The van der Waals surface area contributed by atoms with E-state index in [4.69, 9.17) is 15.2 Å². The van der Waals surface area contributed by atoms with Gasteiger partial charge in [-0.2, -0.15) is 9.61 Å². The van der Waals surface area contributed by atoms with Gasteiger partial charge in [0.05, 0.1) is 36.0 Å². The van der Waals surface area contributed by atoms with Crippen LogP contribution in [0.3, 0.4) is 0 Å². The van der Waals surface area contributed by atoms with Crippen molar-refractivity contribution >= 4 is 27.2 Å². The first-order valence-corrected chi connectivity index (χ1v) is 11.4. The number of hydrogen-bond acceptors (Lipinski definition) is 7. The lowest BCUT2D eigenvalue weighted by molar-refractivity contribution is 0.185. The summed E-state index contributed by atoms with van der Waals surface area (Å²) >= 11 is 0. The fourth-order valence-corrected chi connectivity index (χ4v) is 4.42. The van der Waals surface area contributed by atoms with E-state index in [0.717, 1.165) is 22.5 Å². The van der Waals surface area contributed by atoms with Crippen molar-refractivity contribution < 1.29 is 18.6 Å². The second-order valence-corrected chi connectivity index (χ2v) is 9.00. The molecule has 4 rings (SSSR count). The Kier molecular flexibility index (Phi) is 6.19. The van der Waals surface area contributed by atoms with Crippen LogP contribution < -0.4 is 10.0 Å². The van der Waals surface area contributed by atoms with Gasteiger partial charge in [0, 0.05) is 22.9 Å². The molecule has 0 atom stereocenters. The van der Waals surface area contributed by atoms with Gasteiger partial charge in [-0.15, -0.1) is 0 Å². The molecule has 32 heavy (non-hydrogen) atoms. The van der Waals surface area contributed by atoms with Gasteiger partial charge in [-0.25, -0.2) is 18.1 Å². The summed E-state index contributed by atoms with van der Waals surface area (Å²) in [5.41, 5.74) is 4.06. The highest BCUT2D eigenvalue weighted by Gasteiger charge is 2.19. The Balaban J connectivity index is 1.65. The molecule has 0 spiro atoms. The van der Waals surface area contributed by atoms with E-state index in [-0.39, 0.29) is 4.90 Å². The molecular weight excluding hydrogens is 430 g/mol. The van der Waals surface area contributed by atoms with Crippen LogP contribution in [0, 0.1) is 6.92 Å². The van der Waals surface area contributed by atoms with Crippen molar-refractivity contribution in [3.05, 3.63) is 72.4 Å². The van der Waals surface area contributed by atoms with Crippen LogP contribution in [0.15, 0.2) is 71.8 Å². The highest BCUT2D eigenvalue weighted by molar-refractivity contribution is 7.89. The number of sulfonamides is 1. The summed E-state index contributed by atoms with van der Waals surface area (Å²) in [7, 11) is -3.87. The first-order chi connectivity index (χ1) is 15.4. The fourth-order valence-electron chi connectivity index (χ4n) is 3.20. The Morgan fingerprint density at radius 3 is 2.38 bits per heavy atom. The lowest BCUT2D eigenvalue weighted by Gasteiger charge is -2.14. The molecule has 166 valence electrons. The maximum absolute atomic E-state index is 12.4. The number of anilines is 2. The van der Waals surface area contributed by atoms with E-state index in [9.17, 15) is 8.42 Å². The number of aryl methyl sites for hydroxylation is 1. The van der Waals surface area contributed by atoms with Gasteiger partial charge in [0.2, 0.25) is 10.0 Å². The molecule has 2 aromatic carbocycles. The van der Waals surface area contributed by atoms with Gasteiger partial charge in [0.25, 0.3) is 0 Å². The lowest BCUT2D eigenvalue weighted by Crippen LogP contribution is -2.39. The SMILES string of the molecule is Cc1cnn2c(Nc3ccc(S(=O)(=O)NC(CO)CO)cc3)cc(-c3ccccc3)nc12. The molecule has 4 aromatic rings. The standard InChI is InChI=1S/C22H23N5O4S/c1-15-12-23-27-21(11-20(25-22(15)27)16-5-3-2-4-6-16)24-17-7-9-19(10-8-17)32(30,31)26-18(13-28)14-29/h2-12,18,24,26,28-29H,13-14H2,1H3. The molecule has 0 unspecified atom stereocenters. The van der Waals surface area contributed by atoms with E-state index >= 15 is 0 Å². The molecule has 0 bridgehead atoms. The van der Waals surface area contributed by atoms with E-state index in [1.54, 1.807) is 22.8 Å².